The highest BCUT2D eigenvalue weighted by molar-refractivity contribution is 5.84. The molecular formula is C20H21F2N7O2. The molecule has 4 heterocycles. The van der Waals surface area contributed by atoms with E-state index in [0.29, 0.717) is 35.3 Å². The van der Waals surface area contributed by atoms with Crippen LogP contribution in [0.25, 0.3) is 22.4 Å². The van der Waals surface area contributed by atoms with E-state index < -0.39 is 12.2 Å². The molecule has 0 aromatic carbocycles. The average molecular weight is 429 g/mol. The molecule has 0 amide bonds. The van der Waals surface area contributed by atoms with E-state index in [1.807, 2.05) is 6.92 Å². The number of aliphatic hydroxyl groups is 1. The maximum absolute atomic E-state index is 13.2. The Kier molecular flexibility index (Phi) is 4.69. The van der Waals surface area contributed by atoms with E-state index in [9.17, 15) is 13.9 Å². The van der Waals surface area contributed by atoms with E-state index >= 15 is 0 Å². The Morgan fingerprint density at radius 2 is 2.06 bits per heavy atom. The third kappa shape index (κ3) is 3.88. The Labute approximate surface area is 175 Å². The van der Waals surface area contributed by atoms with Gasteiger partial charge in [0.1, 0.15) is 5.52 Å². The third-order valence-electron chi connectivity index (χ3n) is 5.63. The lowest BCUT2D eigenvalue weighted by molar-refractivity contribution is -0.0519. The summed E-state index contributed by atoms with van der Waals surface area (Å²) in [7, 11) is 0. The molecule has 4 aromatic rings. The fourth-order valence-corrected chi connectivity index (χ4v) is 3.97. The quantitative estimate of drug-likeness (QED) is 0.502. The van der Waals surface area contributed by atoms with Crippen LogP contribution in [0.2, 0.25) is 0 Å². The molecule has 0 spiro atoms. The number of nitrogens with one attached hydrogen (secondary N) is 1. The van der Waals surface area contributed by atoms with Gasteiger partial charge >= 0.3 is 6.61 Å². The summed E-state index contributed by atoms with van der Waals surface area (Å²) >= 11 is 0. The normalized spacial score (nSPS) is 21.8. The summed E-state index contributed by atoms with van der Waals surface area (Å²) in [5.41, 5.74) is 0.941. The Morgan fingerprint density at radius 3 is 2.84 bits per heavy atom. The first kappa shape index (κ1) is 19.6. The van der Waals surface area contributed by atoms with E-state index in [2.05, 4.69) is 25.4 Å². The molecule has 31 heavy (non-hydrogen) atoms. The standard InChI is InChI=1S/C20H21F2N7O2/c1-20(30)5-2-13(3-6-20)25-18-26-16(31-17(21)22)15-14(4-8-29(15)27-18)12-10-24-19-23-7-9-28(19)11-12/h4,7-11,13,17,30H,2-3,5-6H2,1H3,(H,25,27). The molecule has 0 atom stereocenters. The van der Waals surface area contributed by atoms with Crippen molar-refractivity contribution >= 4 is 17.2 Å². The summed E-state index contributed by atoms with van der Waals surface area (Å²) in [6, 6.07) is 1.80. The van der Waals surface area contributed by atoms with Crippen LogP contribution in [-0.2, 0) is 0 Å². The lowest BCUT2D eigenvalue weighted by Gasteiger charge is -2.33. The van der Waals surface area contributed by atoms with Gasteiger partial charge in [0, 0.05) is 48.2 Å². The van der Waals surface area contributed by atoms with Crippen LogP contribution in [0.1, 0.15) is 32.6 Å². The summed E-state index contributed by atoms with van der Waals surface area (Å²) in [5, 5.41) is 17.8. The molecule has 1 fully saturated rings. The number of hydrogen-bond acceptors (Lipinski definition) is 7. The van der Waals surface area contributed by atoms with Crippen molar-refractivity contribution in [1.82, 2.24) is 29.0 Å². The van der Waals surface area contributed by atoms with E-state index in [4.69, 9.17) is 4.74 Å². The van der Waals surface area contributed by atoms with Crippen LogP contribution in [0.4, 0.5) is 14.7 Å². The molecular weight excluding hydrogens is 408 g/mol. The van der Waals surface area contributed by atoms with E-state index in [1.165, 1.54) is 4.52 Å². The number of alkyl halides is 2. The maximum Gasteiger partial charge on any atom is 0.388 e. The van der Waals surface area contributed by atoms with Gasteiger partial charge in [-0.05, 0) is 38.7 Å². The monoisotopic (exact) mass is 429 g/mol. The first-order chi connectivity index (χ1) is 14.9. The smallest absolute Gasteiger partial charge is 0.388 e. The molecule has 0 unspecified atom stereocenters. The Morgan fingerprint density at radius 1 is 1.26 bits per heavy atom. The number of aromatic nitrogens is 6. The van der Waals surface area contributed by atoms with Gasteiger partial charge in [0.2, 0.25) is 17.6 Å². The van der Waals surface area contributed by atoms with Crippen LogP contribution < -0.4 is 10.1 Å². The van der Waals surface area contributed by atoms with Crippen LogP contribution >= 0.6 is 0 Å². The fraction of sp³-hybridized carbons (Fsp3) is 0.400. The Bertz CT molecular complexity index is 1230. The van der Waals surface area contributed by atoms with Crippen molar-refractivity contribution in [1.29, 1.82) is 0 Å². The summed E-state index contributed by atoms with van der Waals surface area (Å²) in [6.07, 6.45) is 11.2. The highest BCUT2D eigenvalue weighted by Crippen LogP contribution is 2.33. The Hall–Kier alpha value is -3.34. The van der Waals surface area contributed by atoms with Crippen LogP contribution in [0.5, 0.6) is 5.88 Å². The SMILES string of the molecule is CC1(O)CCC(Nc2nc(OC(F)F)c3c(-c4cnc5nccn5c4)ccn3n2)CC1. The van der Waals surface area contributed by atoms with Crippen LogP contribution in [0, 0.1) is 0 Å². The minimum atomic E-state index is -3.03. The number of nitrogens with zero attached hydrogens (tertiary/aromatic N) is 6. The second-order valence-corrected chi connectivity index (χ2v) is 8.03. The first-order valence-electron chi connectivity index (χ1n) is 10.0. The summed E-state index contributed by atoms with van der Waals surface area (Å²) in [6.45, 7) is -1.22. The number of rotatable bonds is 5. The van der Waals surface area contributed by atoms with Gasteiger partial charge in [0.15, 0.2) is 0 Å². The van der Waals surface area contributed by atoms with Gasteiger partial charge in [-0.3, -0.25) is 4.40 Å². The van der Waals surface area contributed by atoms with Crippen molar-refractivity contribution in [2.75, 3.05) is 5.32 Å². The molecule has 4 aromatic heterocycles. The number of halogens is 2. The zero-order valence-corrected chi connectivity index (χ0v) is 16.7. The van der Waals surface area contributed by atoms with Gasteiger partial charge < -0.3 is 15.2 Å². The zero-order chi connectivity index (χ0) is 21.6. The Balaban J connectivity index is 1.52. The molecule has 1 aliphatic rings. The van der Waals surface area contributed by atoms with Gasteiger partial charge in [-0.1, -0.05) is 0 Å². The second-order valence-electron chi connectivity index (χ2n) is 8.03. The lowest BCUT2D eigenvalue weighted by atomic mass is 9.84. The molecule has 2 N–H and O–H groups in total. The lowest BCUT2D eigenvalue weighted by Crippen LogP contribution is -2.36. The summed E-state index contributed by atoms with van der Waals surface area (Å²) < 4.78 is 34.3. The van der Waals surface area contributed by atoms with Crippen molar-refractivity contribution < 1.29 is 18.6 Å². The van der Waals surface area contributed by atoms with Crippen molar-refractivity contribution in [3.05, 3.63) is 37.1 Å². The molecule has 162 valence electrons. The second kappa shape index (κ2) is 7.41. The number of anilines is 1. The van der Waals surface area contributed by atoms with E-state index in [1.54, 1.807) is 41.5 Å². The number of ether oxygens (including phenoxy) is 1. The van der Waals surface area contributed by atoms with Crippen molar-refractivity contribution in [3.63, 3.8) is 0 Å². The third-order valence-corrected chi connectivity index (χ3v) is 5.63. The predicted molar refractivity (Wildman–Crippen MR) is 108 cm³/mol. The number of fused-ring (bicyclic) bond motifs is 2. The molecule has 0 saturated heterocycles. The first-order valence-corrected chi connectivity index (χ1v) is 10.0. The van der Waals surface area contributed by atoms with Gasteiger partial charge in [0.05, 0.1) is 5.60 Å². The average Bonchev–Trinajstić information content (AvgIpc) is 3.35. The number of hydrogen-bond donors (Lipinski definition) is 2. The van der Waals surface area contributed by atoms with Crippen molar-refractivity contribution in [2.24, 2.45) is 0 Å². The zero-order valence-electron chi connectivity index (χ0n) is 16.7. The van der Waals surface area contributed by atoms with E-state index in [-0.39, 0.29) is 17.9 Å². The molecule has 0 radical (unpaired) electrons. The van der Waals surface area contributed by atoms with E-state index in [0.717, 1.165) is 12.8 Å². The number of imidazole rings is 1. The molecule has 0 aliphatic heterocycles. The fourth-order valence-electron chi connectivity index (χ4n) is 3.97. The minimum absolute atomic E-state index is 0.0416. The van der Waals surface area contributed by atoms with Crippen molar-refractivity contribution in [3.8, 4) is 17.0 Å². The molecule has 5 rings (SSSR count). The van der Waals surface area contributed by atoms with Crippen molar-refractivity contribution in [2.45, 2.75) is 50.9 Å². The maximum atomic E-state index is 13.2. The van der Waals surface area contributed by atoms with Crippen LogP contribution in [0.3, 0.4) is 0 Å². The topological polar surface area (TPSA) is 102 Å². The largest absolute Gasteiger partial charge is 0.414 e. The minimum Gasteiger partial charge on any atom is -0.414 e. The molecule has 1 saturated carbocycles. The van der Waals surface area contributed by atoms with Gasteiger partial charge in [-0.2, -0.15) is 13.8 Å². The summed E-state index contributed by atoms with van der Waals surface area (Å²) in [5.74, 6) is 0.506. The predicted octanol–water partition coefficient (Wildman–Crippen LogP) is 3.15. The molecule has 11 heteroatoms. The van der Waals surface area contributed by atoms with Gasteiger partial charge in [-0.25, -0.2) is 14.5 Å². The van der Waals surface area contributed by atoms with Crippen LogP contribution in [-0.4, -0.2) is 52.3 Å². The van der Waals surface area contributed by atoms with Gasteiger partial charge in [0.25, 0.3) is 0 Å². The highest BCUT2D eigenvalue weighted by Gasteiger charge is 2.29. The molecule has 9 nitrogen and oxygen atoms in total. The highest BCUT2D eigenvalue weighted by atomic mass is 19.3. The molecule has 0 bridgehead atoms. The summed E-state index contributed by atoms with van der Waals surface area (Å²) in [4.78, 5) is 12.6. The van der Waals surface area contributed by atoms with Gasteiger partial charge in [-0.15, -0.1) is 5.10 Å². The van der Waals surface area contributed by atoms with Crippen LogP contribution in [0.15, 0.2) is 37.1 Å². The molecule has 1 aliphatic carbocycles.